The van der Waals surface area contributed by atoms with Crippen LogP contribution in [0.2, 0.25) is 0 Å². The molecule has 1 rings (SSSR count). The standard InChI is InChI=1S/C16H25NO4/c1-14-4-6-15(7-5-14)17-9-8-16(18)21-11-3-10-20-13-12-19-2/h4-7,17H,3,8-13H2,1-2H3. The lowest BCUT2D eigenvalue weighted by Crippen LogP contribution is -2.13. The fraction of sp³-hybridized carbons (Fsp3) is 0.562. The number of methoxy groups -OCH3 is 1. The van der Waals surface area contributed by atoms with Crippen LogP contribution in [0.5, 0.6) is 0 Å². The third-order valence-electron chi connectivity index (χ3n) is 2.84. The van der Waals surface area contributed by atoms with Gasteiger partial charge in [-0.05, 0) is 19.1 Å². The van der Waals surface area contributed by atoms with Gasteiger partial charge in [0.15, 0.2) is 0 Å². The van der Waals surface area contributed by atoms with Gasteiger partial charge in [-0.1, -0.05) is 17.7 Å². The minimum atomic E-state index is -0.188. The normalized spacial score (nSPS) is 10.4. The van der Waals surface area contributed by atoms with Crippen LogP contribution < -0.4 is 5.32 Å². The van der Waals surface area contributed by atoms with E-state index in [-0.39, 0.29) is 5.97 Å². The monoisotopic (exact) mass is 295 g/mol. The predicted molar refractivity (Wildman–Crippen MR) is 82.6 cm³/mol. The second kappa shape index (κ2) is 11.1. The molecule has 0 aliphatic carbocycles. The molecule has 0 spiro atoms. The van der Waals surface area contributed by atoms with E-state index in [0.29, 0.717) is 45.8 Å². The van der Waals surface area contributed by atoms with Crippen molar-refractivity contribution < 1.29 is 19.0 Å². The molecule has 0 aliphatic heterocycles. The molecule has 1 aromatic carbocycles. The summed E-state index contributed by atoms with van der Waals surface area (Å²) in [6.45, 7) is 4.76. The number of carbonyl (C=O) groups is 1. The third-order valence-corrected chi connectivity index (χ3v) is 2.84. The maximum Gasteiger partial charge on any atom is 0.307 e. The zero-order valence-corrected chi connectivity index (χ0v) is 12.9. The molecule has 5 nitrogen and oxygen atoms in total. The average molecular weight is 295 g/mol. The molecule has 0 radical (unpaired) electrons. The van der Waals surface area contributed by atoms with Crippen LogP contribution in [-0.2, 0) is 19.0 Å². The predicted octanol–water partition coefficient (Wildman–Crippen LogP) is 2.39. The lowest BCUT2D eigenvalue weighted by Gasteiger charge is -2.08. The second-order valence-corrected chi connectivity index (χ2v) is 4.72. The first-order valence-electron chi connectivity index (χ1n) is 7.25. The Balaban J connectivity index is 1.97. The summed E-state index contributed by atoms with van der Waals surface area (Å²) >= 11 is 0. The minimum Gasteiger partial charge on any atom is -0.466 e. The highest BCUT2D eigenvalue weighted by Crippen LogP contribution is 2.08. The number of hydrogen-bond acceptors (Lipinski definition) is 5. The maximum absolute atomic E-state index is 11.5. The van der Waals surface area contributed by atoms with Crippen LogP contribution >= 0.6 is 0 Å². The number of esters is 1. The Kier molecular flexibility index (Phi) is 9.24. The summed E-state index contributed by atoms with van der Waals surface area (Å²) in [6.07, 6.45) is 1.07. The number of nitrogens with one attached hydrogen (secondary N) is 1. The number of ether oxygens (including phenoxy) is 3. The summed E-state index contributed by atoms with van der Waals surface area (Å²) in [5.74, 6) is -0.188. The van der Waals surface area contributed by atoms with Gasteiger partial charge in [0.05, 0.1) is 26.2 Å². The molecule has 0 fully saturated rings. The van der Waals surface area contributed by atoms with E-state index in [1.165, 1.54) is 5.56 Å². The fourth-order valence-electron chi connectivity index (χ4n) is 1.64. The Bertz CT molecular complexity index is 392. The van der Waals surface area contributed by atoms with Crippen molar-refractivity contribution >= 4 is 11.7 Å². The topological polar surface area (TPSA) is 56.8 Å². The summed E-state index contributed by atoms with van der Waals surface area (Å²) in [4.78, 5) is 11.5. The molecule has 0 saturated heterocycles. The maximum atomic E-state index is 11.5. The first-order valence-corrected chi connectivity index (χ1v) is 7.25. The van der Waals surface area contributed by atoms with Gasteiger partial charge in [0.25, 0.3) is 0 Å². The highest BCUT2D eigenvalue weighted by Gasteiger charge is 2.02. The summed E-state index contributed by atoms with van der Waals surface area (Å²) in [6, 6.07) is 8.06. The van der Waals surface area contributed by atoms with E-state index in [9.17, 15) is 4.79 Å². The van der Waals surface area contributed by atoms with E-state index in [2.05, 4.69) is 5.32 Å². The first-order chi connectivity index (χ1) is 10.2. The molecule has 0 heterocycles. The zero-order chi connectivity index (χ0) is 15.3. The summed E-state index contributed by atoms with van der Waals surface area (Å²) in [5.41, 5.74) is 2.23. The van der Waals surface area contributed by atoms with Crippen molar-refractivity contribution in [1.82, 2.24) is 0 Å². The first kappa shape index (κ1) is 17.5. The Labute approximate surface area is 126 Å². The van der Waals surface area contributed by atoms with Gasteiger partial charge in [-0.25, -0.2) is 0 Å². The Hall–Kier alpha value is -1.59. The summed E-state index contributed by atoms with van der Waals surface area (Å²) in [7, 11) is 1.63. The van der Waals surface area contributed by atoms with Gasteiger partial charge < -0.3 is 19.5 Å². The van der Waals surface area contributed by atoms with Crippen molar-refractivity contribution in [2.75, 3.05) is 45.4 Å². The van der Waals surface area contributed by atoms with E-state index >= 15 is 0 Å². The van der Waals surface area contributed by atoms with Gasteiger partial charge in [-0.15, -0.1) is 0 Å². The molecule has 0 atom stereocenters. The second-order valence-electron chi connectivity index (χ2n) is 4.72. The van der Waals surface area contributed by atoms with Gasteiger partial charge in [0.2, 0.25) is 0 Å². The van der Waals surface area contributed by atoms with Gasteiger partial charge in [0, 0.05) is 32.4 Å². The van der Waals surface area contributed by atoms with Crippen molar-refractivity contribution in [2.24, 2.45) is 0 Å². The quantitative estimate of drug-likeness (QED) is 0.502. The van der Waals surface area contributed by atoms with E-state index in [1.54, 1.807) is 7.11 Å². The number of rotatable bonds is 11. The molecule has 0 aromatic heterocycles. The number of benzene rings is 1. The number of anilines is 1. The van der Waals surface area contributed by atoms with Gasteiger partial charge >= 0.3 is 5.97 Å². The molecule has 21 heavy (non-hydrogen) atoms. The molecule has 0 bridgehead atoms. The Morgan fingerprint density at radius 3 is 2.57 bits per heavy atom. The van der Waals surface area contributed by atoms with Gasteiger partial charge in [0.1, 0.15) is 0 Å². The van der Waals surface area contributed by atoms with E-state index in [1.807, 2.05) is 31.2 Å². The number of carbonyl (C=O) groups excluding carboxylic acids is 1. The third kappa shape index (κ3) is 9.05. The fourth-order valence-corrected chi connectivity index (χ4v) is 1.64. The van der Waals surface area contributed by atoms with Crippen LogP contribution in [0.3, 0.4) is 0 Å². The lowest BCUT2D eigenvalue weighted by atomic mass is 10.2. The van der Waals surface area contributed by atoms with E-state index in [0.717, 1.165) is 5.69 Å². The van der Waals surface area contributed by atoms with Crippen LogP contribution in [0, 0.1) is 6.92 Å². The van der Waals surface area contributed by atoms with Crippen LogP contribution in [-0.4, -0.2) is 46.1 Å². The van der Waals surface area contributed by atoms with Crippen molar-refractivity contribution in [3.05, 3.63) is 29.8 Å². The molecule has 0 aliphatic rings. The smallest absolute Gasteiger partial charge is 0.307 e. The lowest BCUT2D eigenvalue weighted by molar-refractivity contribution is -0.143. The highest BCUT2D eigenvalue weighted by atomic mass is 16.5. The van der Waals surface area contributed by atoms with Gasteiger partial charge in [-0.2, -0.15) is 0 Å². The van der Waals surface area contributed by atoms with Crippen LogP contribution in [0.15, 0.2) is 24.3 Å². The molecular weight excluding hydrogens is 270 g/mol. The molecule has 0 amide bonds. The van der Waals surface area contributed by atoms with E-state index < -0.39 is 0 Å². The largest absolute Gasteiger partial charge is 0.466 e. The van der Waals surface area contributed by atoms with Crippen molar-refractivity contribution in [1.29, 1.82) is 0 Å². The highest BCUT2D eigenvalue weighted by molar-refractivity contribution is 5.70. The molecule has 1 N–H and O–H groups in total. The molecule has 5 heteroatoms. The molecule has 0 saturated carbocycles. The van der Waals surface area contributed by atoms with Crippen molar-refractivity contribution in [2.45, 2.75) is 19.8 Å². The van der Waals surface area contributed by atoms with Crippen LogP contribution in [0.25, 0.3) is 0 Å². The molecule has 0 unspecified atom stereocenters. The summed E-state index contributed by atoms with van der Waals surface area (Å²) < 4.78 is 15.2. The molecule has 118 valence electrons. The Morgan fingerprint density at radius 1 is 1.10 bits per heavy atom. The van der Waals surface area contributed by atoms with Gasteiger partial charge in [-0.3, -0.25) is 4.79 Å². The SMILES string of the molecule is COCCOCCCOC(=O)CCNc1ccc(C)cc1. The summed E-state index contributed by atoms with van der Waals surface area (Å²) in [5, 5.41) is 3.19. The average Bonchev–Trinajstić information content (AvgIpc) is 2.48. The van der Waals surface area contributed by atoms with E-state index in [4.69, 9.17) is 14.2 Å². The Morgan fingerprint density at radius 2 is 1.86 bits per heavy atom. The number of hydrogen-bond donors (Lipinski definition) is 1. The van der Waals surface area contributed by atoms with Crippen LogP contribution in [0.4, 0.5) is 5.69 Å². The number of aryl methyl sites for hydroxylation is 1. The zero-order valence-electron chi connectivity index (χ0n) is 12.9. The molecular formula is C16H25NO4. The van der Waals surface area contributed by atoms with Crippen molar-refractivity contribution in [3.8, 4) is 0 Å². The van der Waals surface area contributed by atoms with Crippen LogP contribution in [0.1, 0.15) is 18.4 Å². The molecule has 1 aromatic rings. The minimum absolute atomic E-state index is 0.188. The van der Waals surface area contributed by atoms with Crippen molar-refractivity contribution in [3.63, 3.8) is 0 Å².